The zero-order valence-electron chi connectivity index (χ0n) is 18.1. The lowest BCUT2D eigenvalue weighted by atomic mass is 9.97. The van der Waals surface area contributed by atoms with E-state index >= 15 is 0 Å². The molecule has 2 aliphatic rings. The lowest BCUT2D eigenvalue weighted by Gasteiger charge is -2.38. The van der Waals surface area contributed by atoms with E-state index in [2.05, 4.69) is 38.9 Å². The van der Waals surface area contributed by atoms with Gasteiger partial charge in [-0.1, -0.05) is 26.0 Å². The number of benzene rings is 1. The van der Waals surface area contributed by atoms with Crippen molar-refractivity contribution in [1.29, 1.82) is 0 Å². The second kappa shape index (κ2) is 11.9. The maximum absolute atomic E-state index is 14.0. The Morgan fingerprint density at radius 3 is 2.55 bits per heavy atom. The molecule has 0 bridgehead atoms. The van der Waals surface area contributed by atoms with Gasteiger partial charge in [-0.3, -0.25) is 4.99 Å². The largest absolute Gasteiger partial charge is 0.366 e. The Morgan fingerprint density at radius 2 is 1.90 bits per heavy atom. The van der Waals surface area contributed by atoms with Gasteiger partial charge in [0.15, 0.2) is 5.96 Å². The molecule has 2 fully saturated rings. The van der Waals surface area contributed by atoms with Gasteiger partial charge in [-0.05, 0) is 43.4 Å². The molecule has 2 heterocycles. The molecule has 1 N–H and O–H groups in total. The topological polar surface area (TPSA) is 34.1 Å². The lowest BCUT2D eigenvalue weighted by molar-refractivity contribution is 0.159. The van der Waals surface area contributed by atoms with Crippen molar-refractivity contribution < 1.29 is 4.39 Å². The second-order valence-electron chi connectivity index (χ2n) is 8.52. The molecule has 1 atom stereocenters. The molecule has 0 aromatic heterocycles. The van der Waals surface area contributed by atoms with E-state index in [-0.39, 0.29) is 29.8 Å². The summed E-state index contributed by atoms with van der Waals surface area (Å²) < 4.78 is 14.0. The van der Waals surface area contributed by atoms with E-state index < -0.39 is 0 Å². The quantitative estimate of drug-likeness (QED) is 0.369. The minimum atomic E-state index is -0.137. The summed E-state index contributed by atoms with van der Waals surface area (Å²) in [6.07, 6.45) is 2.58. The van der Waals surface area contributed by atoms with Gasteiger partial charge in [0, 0.05) is 52.9 Å². The number of para-hydroxylation sites is 1. The second-order valence-corrected chi connectivity index (χ2v) is 8.52. The number of nitrogens with zero attached hydrogens (tertiary/aromatic N) is 4. The summed E-state index contributed by atoms with van der Waals surface area (Å²) in [5.74, 6) is 2.25. The van der Waals surface area contributed by atoms with Crippen molar-refractivity contribution in [1.82, 2.24) is 15.1 Å². The molecular formula is C22H37FIN5. The first-order valence-electron chi connectivity index (χ1n) is 10.7. The van der Waals surface area contributed by atoms with Crippen molar-refractivity contribution >= 4 is 35.6 Å². The van der Waals surface area contributed by atoms with E-state index in [0.717, 1.165) is 44.6 Å². The maximum atomic E-state index is 14.0. The third-order valence-corrected chi connectivity index (χ3v) is 5.76. The van der Waals surface area contributed by atoms with Crippen LogP contribution in [0.1, 0.15) is 26.7 Å². The van der Waals surface area contributed by atoms with Gasteiger partial charge in [0.2, 0.25) is 0 Å². The van der Waals surface area contributed by atoms with Crippen LogP contribution in [0.5, 0.6) is 0 Å². The van der Waals surface area contributed by atoms with E-state index in [1.54, 1.807) is 6.07 Å². The Kier molecular flexibility index (Phi) is 9.95. The van der Waals surface area contributed by atoms with Crippen molar-refractivity contribution in [2.75, 3.05) is 64.3 Å². The average molecular weight is 517 g/mol. The lowest BCUT2D eigenvalue weighted by Crippen LogP contribution is -2.53. The summed E-state index contributed by atoms with van der Waals surface area (Å²) >= 11 is 0. The zero-order valence-corrected chi connectivity index (χ0v) is 20.4. The van der Waals surface area contributed by atoms with Crippen molar-refractivity contribution in [2.45, 2.75) is 26.7 Å². The number of halogens is 2. The molecule has 164 valence electrons. The average Bonchev–Trinajstić information content (AvgIpc) is 2.69. The molecule has 0 aliphatic carbocycles. The van der Waals surface area contributed by atoms with Gasteiger partial charge in [-0.15, -0.1) is 24.0 Å². The van der Waals surface area contributed by atoms with Gasteiger partial charge in [-0.2, -0.15) is 0 Å². The van der Waals surface area contributed by atoms with Crippen molar-refractivity contribution in [3.63, 3.8) is 0 Å². The zero-order chi connectivity index (χ0) is 19.9. The van der Waals surface area contributed by atoms with Gasteiger partial charge >= 0.3 is 0 Å². The predicted molar refractivity (Wildman–Crippen MR) is 131 cm³/mol. The van der Waals surface area contributed by atoms with Crippen molar-refractivity contribution in [3.05, 3.63) is 30.1 Å². The van der Waals surface area contributed by atoms with Crippen LogP contribution in [0, 0.1) is 17.7 Å². The molecule has 3 rings (SSSR count). The number of piperidine rings is 1. The van der Waals surface area contributed by atoms with Crippen LogP contribution in [0.3, 0.4) is 0 Å². The number of likely N-dealkylation sites (tertiary alicyclic amines) is 1. The highest BCUT2D eigenvalue weighted by molar-refractivity contribution is 14.0. The minimum Gasteiger partial charge on any atom is -0.366 e. The molecule has 2 saturated heterocycles. The van der Waals surface area contributed by atoms with Crippen LogP contribution in [0.4, 0.5) is 10.1 Å². The highest BCUT2D eigenvalue weighted by atomic mass is 127. The third kappa shape index (κ3) is 6.98. The van der Waals surface area contributed by atoms with E-state index in [9.17, 15) is 4.39 Å². The van der Waals surface area contributed by atoms with Crippen LogP contribution in [-0.2, 0) is 0 Å². The summed E-state index contributed by atoms with van der Waals surface area (Å²) in [4.78, 5) is 11.5. The number of piperazine rings is 1. The first-order valence-corrected chi connectivity index (χ1v) is 10.7. The fourth-order valence-electron chi connectivity index (χ4n) is 4.44. The number of guanidine groups is 1. The van der Waals surface area contributed by atoms with Crippen molar-refractivity contribution in [3.8, 4) is 0 Å². The summed E-state index contributed by atoms with van der Waals surface area (Å²) in [6.45, 7) is 12.5. The van der Waals surface area contributed by atoms with Crippen LogP contribution in [-0.4, -0.2) is 75.2 Å². The van der Waals surface area contributed by atoms with Crippen molar-refractivity contribution in [2.24, 2.45) is 16.8 Å². The monoisotopic (exact) mass is 517 g/mol. The Bertz CT molecular complexity index is 646. The summed E-state index contributed by atoms with van der Waals surface area (Å²) in [6, 6.07) is 7.05. The predicted octanol–water partition coefficient (Wildman–Crippen LogP) is 3.51. The Labute approximate surface area is 192 Å². The molecule has 0 amide bonds. The van der Waals surface area contributed by atoms with Gasteiger partial charge in [0.1, 0.15) is 5.82 Å². The third-order valence-electron chi connectivity index (χ3n) is 5.76. The molecule has 0 spiro atoms. The number of hydrogen-bond acceptors (Lipinski definition) is 3. The summed E-state index contributed by atoms with van der Waals surface area (Å²) in [7, 11) is 1.86. The number of aliphatic imine (C=N–C) groups is 1. The molecule has 7 heteroatoms. The molecule has 1 aromatic rings. The molecule has 0 radical (unpaired) electrons. The first kappa shape index (κ1) is 24.2. The fraction of sp³-hybridized carbons (Fsp3) is 0.682. The Hall–Kier alpha value is -1.09. The van der Waals surface area contributed by atoms with Crippen LogP contribution >= 0.6 is 24.0 Å². The molecular weight excluding hydrogens is 480 g/mol. The minimum absolute atomic E-state index is 0. The van der Waals surface area contributed by atoms with Gasteiger partial charge in [-0.25, -0.2) is 4.39 Å². The number of hydrogen-bond donors (Lipinski definition) is 1. The normalized spacial score (nSPS) is 21.3. The number of nitrogens with one attached hydrogen (secondary N) is 1. The summed E-state index contributed by atoms with van der Waals surface area (Å²) in [5.41, 5.74) is 0.706. The molecule has 2 aliphatic heterocycles. The highest BCUT2D eigenvalue weighted by Crippen LogP contribution is 2.20. The molecule has 1 unspecified atom stereocenters. The fourth-order valence-corrected chi connectivity index (χ4v) is 4.44. The Morgan fingerprint density at radius 1 is 1.17 bits per heavy atom. The van der Waals surface area contributed by atoms with Crippen LogP contribution in [0.2, 0.25) is 0 Å². The SMILES string of the molecule is CN=C(NCC1CCCN(CC(C)C)C1)N1CCN(c2ccccc2F)CC1.I. The van der Waals surface area contributed by atoms with Gasteiger partial charge in [0.05, 0.1) is 5.69 Å². The molecule has 29 heavy (non-hydrogen) atoms. The van der Waals surface area contributed by atoms with Crippen LogP contribution < -0.4 is 10.2 Å². The number of anilines is 1. The Balaban J connectivity index is 0.00000300. The smallest absolute Gasteiger partial charge is 0.193 e. The number of rotatable bonds is 5. The van der Waals surface area contributed by atoms with E-state index in [0.29, 0.717) is 11.6 Å². The highest BCUT2D eigenvalue weighted by Gasteiger charge is 2.24. The maximum Gasteiger partial charge on any atom is 0.193 e. The van der Waals surface area contributed by atoms with E-state index in [4.69, 9.17) is 0 Å². The van der Waals surface area contributed by atoms with E-state index in [1.807, 2.05) is 19.2 Å². The summed E-state index contributed by atoms with van der Waals surface area (Å²) in [5, 5.41) is 3.61. The molecule has 0 saturated carbocycles. The first-order chi connectivity index (χ1) is 13.6. The van der Waals surface area contributed by atoms with E-state index in [1.165, 1.54) is 38.5 Å². The molecule has 5 nitrogen and oxygen atoms in total. The molecule has 1 aromatic carbocycles. The van der Waals surface area contributed by atoms with Gasteiger partial charge in [0.25, 0.3) is 0 Å². The van der Waals surface area contributed by atoms with Crippen LogP contribution in [0.25, 0.3) is 0 Å². The van der Waals surface area contributed by atoms with Crippen LogP contribution in [0.15, 0.2) is 29.3 Å². The van der Waals surface area contributed by atoms with Gasteiger partial charge < -0.3 is 20.0 Å². The standard InChI is InChI=1S/C22H36FN5.HI/c1-18(2)16-26-10-6-7-19(17-26)15-25-22(24-3)28-13-11-27(12-14-28)21-9-5-4-8-20(21)23;/h4-5,8-9,18-19H,6-7,10-17H2,1-3H3,(H,24,25);1H.